The first kappa shape index (κ1) is 35.3. The van der Waals surface area contributed by atoms with Gasteiger partial charge in [-0.1, -0.05) is 52.4 Å². The summed E-state index contributed by atoms with van der Waals surface area (Å²) in [6.07, 6.45) is 6.55. The second-order valence-corrected chi connectivity index (χ2v) is 16.3. The van der Waals surface area contributed by atoms with E-state index in [1.54, 1.807) is 24.0 Å². The molecule has 0 saturated carbocycles. The largest absolute Gasteiger partial charge is 0.338 e. The summed E-state index contributed by atoms with van der Waals surface area (Å²) in [5.74, 6) is 0.346. The average molecular weight is 743 g/mol. The van der Waals surface area contributed by atoms with Crippen molar-refractivity contribution in [1.29, 1.82) is 0 Å². The molecule has 0 spiro atoms. The van der Waals surface area contributed by atoms with Gasteiger partial charge < -0.3 is 9.47 Å². The molecule has 3 aliphatic rings. The zero-order chi connectivity index (χ0) is 35.2. The van der Waals surface area contributed by atoms with E-state index in [9.17, 15) is 17.6 Å². The van der Waals surface area contributed by atoms with E-state index in [1.165, 1.54) is 36.6 Å². The number of carbonyl (C=O) groups is 1. The van der Waals surface area contributed by atoms with Crippen LogP contribution >= 0.6 is 23.2 Å². The van der Waals surface area contributed by atoms with E-state index >= 15 is 0 Å². The monoisotopic (exact) mass is 741 g/mol. The number of carbonyl (C=O) groups excluding carboxylic acids is 1. The van der Waals surface area contributed by atoms with Gasteiger partial charge in [0.25, 0.3) is 15.9 Å². The molecular formula is C37H42Cl2FN5O4S. The van der Waals surface area contributed by atoms with Crippen molar-refractivity contribution in [2.75, 3.05) is 26.2 Å². The maximum Gasteiger partial charge on any atom is 0.263 e. The Balaban J connectivity index is 1.08. The molecule has 1 unspecified atom stereocenters. The molecule has 4 heterocycles. The highest BCUT2D eigenvalue weighted by Crippen LogP contribution is 2.45. The van der Waals surface area contributed by atoms with Crippen LogP contribution in [0.4, 0.5) is 4.39 Å². The standard InChI is InChI=1S/C37H42Cl2FN5O4S/c1-3-49-42-50(47,48)33-14-13-30(38)34(35(33)39)36(46)43-18-15-37(16-19-43,25-7-6-8-26(40)21-25)17-20-44-27-11-12-28(44)23-29(22-27)45-24(2)41-31-9-4-5-10-32(31)45/h4-10,13-14,21,27-29,42H,3,11-12,15-20,22-23H2,1-2H3/t27-,28+,29?. The predicted molar refractivity (Wildman–Crippen MR) is 192 cm³/mol. The van der Waals surface area contributed by atoms with Crippen molar-refractivity contribution in [3.63, 3.8) is 0 Å². The van der Waals surface area contributed by atoms with E-state index in [4.69, 9.17) is 33.0 Å². The Morgan fingerprint density at radius 1 is 1.02 bits per heavy atom. The van der Waals surface area contributed by atoms with Gasteiger partial charge in [-0.25, -0.2) is 17.8 Å². The number of piperidine rings is 2. The molecule has 3 aliphatic heterocycles. The van der Waals surface area contributed by atoms with Crippen LogP contribution in [-0.2, 0) is 20.3 Å². The second-order valence-electron chi connectivity index (χ2n) is 13.9. The molecule has 50 heavy (non-hydrogen) atoms. The number of aromatic nitrogens is 2. The summed E-state index contributed by atoms with van der Waals surface area (Å²) in [6, 6.07) is 19.2. The number of likely N-dealkylation sites (tertiary alicyclic amines) is 1. The Bertz CT molecular complexity index is 2000. The van der Waals surface area contributed by atoms with E-state index in [0.29, 0.717) is 44.1 Å². The number of para-hydroxylation sites is 2. The van der Waals surface area contributed by atoms with E-state index in [0.717, 1.165) is 42.7 Å². The Morgan fingerprint density at radius 2 is 1.74 bits per heavy atom. The highest BCUT2D eigenvalue weighted by atomic mass is 35.5. The molecule has 2 bridgehead atoms. The first-order chi connectivity index (χ1) is 24.0. The van der Waals surface area contributed by atoms with Crippen LogP contribution in [0.25, 0.3) is 11.0 Å². The third-order valence-corrected chi connectivity index (χ3v) is 13.2. The Morgan fingerprint density at radius 3 is 2.44 bits per heavy atom. The number of nitrogens with one attached hydrogen (secondary N) is 1. The molecule has 3 aromatic carbocycles. The van der Waals surface area contributed by atoms with Crippen LogP contribution in [-0.4, -0.2) is 72.0 Å². The zero-order valence-electron chi connectivity index (χ0n) is 28.2. The number of benzene rings is 3. The van der Waals surface area contributed by atoms with Crippen molar-refractivity contribution < 1.29 is 22.4 Å². The summed E-state index contributed by atoms with van der Waals surface area (Å²) in [7, 11) is -4.14. The van der Waals surface area contributed by atoms with Crippen LogP contribution in [0, 0.1) is 12.7 Å². The maximum absolute atomic E-state index is 14.7. The third kappa shape index (κ3) is 6.57. The van der Waals surface area contributed by atoms with Gasteiger partial charge in [-0.2, -0.15) is 0 Å². The Kier molecular flexibility index (Phi) is 10.0. The Labute approximate surface area is 302 Å². The fourth-order valence-electron chi connectivity index (χ4n) is 8.71. The van der Waals surface area contributed by atoms with Gasteiger partial charge in [0.05, 0.1) is 33.2 Å². The molecule has 0 aliphatic carbocycles. The molecule has 1 aromatic heterocycles. The fraction of sp³-hybridized carbons (Fsp3) is 0.459. The summed E-state index contributed by atoms with van der Waals surface area (Å²) in [6.45, 7) is 5.52. The lowest BCUT2D eigenvalue weighted by Gasteiger charge is -2.45. The molecule has 266 valence electrons. The highest BCUT2D eigenvalue weighted by Gasteiger charge is 2.44. The van der Waals surface area contributed by atoms with Crippen LogP contribution in [0.1, 0.15) is 79.7 Å². The van der Waals surface area contributed by atoms with Gasteiger partial charge >= 0.3 is 0 Å². The summed E-state index contributed by atoms with van der Waals surface area (Å²) in [5.41, 5.74) is 2.78. The number of imidazole rings is 1. The molecule has 3 fully saturated rings. The van der Waals surface area contributed by atoms with Crippen molar-refractivity contribution in [3.05, 3.63) is 93.5 Å². The number of rotatable bonds is 10. The number of sulfonamides is 1. The maximum atomic E-state index is 14.7. The van der Waals surface area contributed by atoms with Crippen molar-refractivity contribution in [2.24, 2.45) is 0 Å². The highest BCUT2D eigenvalue weighted by molar-refractivity contribution is 7.89. The molecular weight excluding hydrogens is 700 g/mol. The second kappa shape index (κ2) is 14.2. The smallest absolute Gasteiger partial charge is 0.263 e. The topological polar surface area (TPSA) is 96.8 Å². The number of halogens is 3. The van der Waals surface area contributed by atoms with E-state index in [2.05, 4.69) is 34.6 Å². The quantitative estimate of drug-likeness (QED) is 0.170. The number of amides is 1. The minimum Gasteiger partial charge on any atom is -0.338 e. The Hall–Kier alpha value is -3.06. The van der Waals surface area contributed by atoms with Crippen LogP contribution in [0.3, 0.4) is 0 Å². The van der Waals surface area contributed by atoms with Crippen LogP contribution in [0.15, 0.2) is 65.6 Å². The van der Waals surface area contributed by atoms with Crippen LogP contribution in [0.5, 0.6) is 0 Å². The molecule has 3 saturated heterocycles. The SMILES string of the molecule is CCONS(=O)(=O)c1ccc(Cl)c(C(=O)N2CCC(CCN3[C@@H]4CC[C@H]3CC(n3c(C)nc5ccccc53)C4)(c3cccc(F)c3)CC2)c1Cl. The molecule has 1 amide bonds. The summed E-state index contributed by atoms with van der Waals surface area (Å²) >= 11 is 13.0. The third-order valence-electron chi connectivity index (χ3n) is 11.2. The molecule has 4 aromatic rings. The normalized spacial score (nSPS) is 22.3. The number of hydrogen-bond donors (Lipinski definition) is 1. The van der Waals surface area contributed by atoms with Gasteiger partial charge in [-0.3, -0.25) is 14.5 Å². The van der Waals surface area contributed by atoms with Crippen molar-refractivity contribution in [1.82, 2.24) is 24.2 Å². The molecule has 7 rings (SSSR count). The van der Waals surface area contributed by atoms with E-state index in [-0.39, 0.29) is 38.3 Å². The lowest BCUT2D eigenvalue weighted by atomic mass is 9.70. The fourth-order valence-corrected chi connectivity index (χ4v) is 10.5. The van der Waals surface area contributed by atoms with Gasteiger partial charge in [-0.15, -0.1) is 0 Å². The predicted octanol–water partition coefficient (Wildman–Crippen LogP) is 7.45. The summed E-state index contributed by atoms with van der Waals surface area (Å²) < 4.78 is 42.8. The number of nitrogens with zero attached hydrogens (tertiary/aromatic N) is 4. The lowest BCUT2D eigenvalue weighted by Crippen LogP contribution is -2.49. The van der Waals surface area contributed by atoms with Gasteiger partial charge in [-0.05, 0) is 113 Å². The lowest BCUT2D eigenvalue weighted by molar-refractivity contribution is 0.0606. The summed E-state index contributed by atoms with van der Waals surface area (Å²) in [4.78, 5) is 29.7. The minimum atomic E-state index is -4.14. The zero-order valence-corrected chi connectivity index (χ0v) is 30.6. The van der Waals surface area contributed by atoms with E-state index < -0.39 is 15.9 Å². The van der Waals surface area contributed by atoms with Crippen molar-refractivity contribution in [2.45, 2.75) is 87.2 Å². The van der Waals surface area contributed by atoms with Gasteiger partial charge in [0, 0.05) is 31.2 Å². The van der Waals surface area contributed by atoms with Gasteiger partial charge in [0.1, 0.15) is 16.5 Å². The van der Waals surface area contributed by atoms with Crippen LogP contribution in [0.2, 0.25) is 10.0 Å². The summed E-state index contributed by atoms with van der Waals surface area (Å²) in [5, 5.41) is -0.190. The molecule has 0 radical (unpaired) electrons. The molecule has 1 N–H and O–H groups in total. The molecule has 13 heteroatoms. The van der Waals surface area contributed by atoms with Gasteiger partial charge in [0.15, 0.2) is 0 Å². The van der Waals surface area contributed by atoms with Crippen LogP contribution < -0.4 is 4.89 Å². The van der Waals surface area contributed by atoms with Crippen molar-refractivity contribution >= 4 is 50.2 Å². The number of hydrogen-bond acceptors (Lipinski definition) is 6. The van der Waals surface area contributed by atoms with E-state index in [1.807, 2.05) is 17.0 Å². The first-order valence-corrected chi connectivity index (χ1v) is 19.6. The number of aryl methyl sites for hydroxylation is 1. The van der Waals surface area contributed by atoms with Crippen molar-refractivity contribution in [3.8, 4) is 0 Å². The molecule has 9 nitrogen and oxygen atoms in total. The molecule has 3 atom stereocenters. The first-order valence-electron chi connectivity index (χ1n) is 17.4. The number of fused-ring (bicyclic) bond motifs is 3. The van der Waals surface area contributed by atoms with Gasteiger partial charge in [0.2, 0.25) is 0 Å². The average Bonchev–Trinajstić information content (AvgIpc) is 3.56. The minimum absolute atomic E-state index is 0.0636.